The van der Waals surface area contributed by atoms with Gasteiger partial charge in [-0.2, -0.15) is 0 Å². The maximum atomic E-state index is 8.00. The fourth-order valence-corrected chi connectivity index (χ4v) is 0. The third-order valence-electron chi connectivity index (χ3n) is 0. The van der Waals surface area contributed by atoms with Gasteiger partial charge in [0.2, 0.25) is 0 Å². The van der Waals surface area contributed by atoms with E-state index in [0.717, 1.165) is 0 Å². The molecule has 0 spiro atoms. The van der Waals surface area contributed by atoms with Crippen molar-refractivity contribution in [1.82, 2.24) is 0 Å². The van der Waals surface area contributed by atoms with Crippen LogP contribution in [-0.4, -0.2) is 6.79 Å². The quantitative estimate of drug-likeness (QED) is 0.525. The molecule has 0 aromatic carbocycles. The number of halogens is 3. The molecule has 0 rings (SSSR count). The Hall–Kier alpha value is 1.25. The fourth-order valence-electron chi connectivity index (χ4n) is 0. The number of carbonyl (C=O) groups excluding carboxylic acids is 1. The molecule has 0 aliphatic carbocycles. The third-order valence-corrected chi connectivity index (χ3v) is 0. The van der Waals surface area contributed by atoms with Gasteiger partial charge in [0, 0.05) is 0 Å². The molecule has 0 heterocycles. The van der Waals surface area contributed by atoms with Crippen molar-refractivity contribution in [2.24, 2.45) is 0 Å². The summed E-state index contributed by atoms with van der Waals surface area (Å²) >= 11 is -1.92. The van der Waals surface area contributed by atoms with Crippen molar-refractivity contribution in [3.63, 3.8) is 0 Å². The molecule has 0 N–H and O–H groups in total. The summed E-state index contributed by atoms with van der Waals surface area (Å²) in [7, 11) is 14.9. The van der Waals surface area contributed by atoms with Crippen LogP contribution in [0.5, 0.6) is 0 Å². The molecule has 0 fully saturated rings. The zero-order chi connectivity index (χ0) is 5.58. The molecule has 0 bridgehead atoms. The number of rotatable bonds is 0. The van der Waals surface area contributed by atoms with E-state index in [1.54, 1.807) is 0 Å². The van der Waals surface area contributed by atoms with Crippen molar-refractivity contribution in [2.75, 3.05) is 0 Å². The van der Waals surface area contributed by atoms with Crippen LogP contribution in [0.2, 0.25) is 0 Å². The van der Waals surface area contributed by atoms with E-state index in [-0.39, 0.29) is 0 Å². The van der Waals surface area contributed by atoms with E-state index < -0.39 is 14.7 Å². The number of hydrogen-bond donors (Lipinski definition) is 0. The van der Waals surface area contributed by atoms with Crippen LogP contribution in [0.4, 0.5) is 0 Å². The molecule has 0 amide bonds. The van der Waals surface area contributed by atoms with E-state index in [2.05, 4.69) is 0 Å². The topological polar surface area (TPSA) is 17.1 Å². The second-order valence-corrected chi connectivity index (χ2v) is 7.95. The Labute approximate surface area is 54.0 Å². The first-order valence-electron chi connectivity index (χ1n) is 0.856. The standard InChI is InChI=1S/CH2O.3ClH.Ti/c1-2;;;;/h1H2;3*1H;/q;;;;+3/p-3. The average Bonchev–Trinajstić information content (AvgIpc) is 1.41. The molecule has 1 nitrogen and oxygen atoms in total. The third kappa shape index (κ3) is 60.4. The Bertz CT molecular complexity index is 22.0. The van der Waals surface area contributed by atoms with Gasteiger partial charge in [-0.1, -0.05) is 0 Å². The molecule has 0 aliphatic heterocycles. The molecule has 0 atom stereocenters. The molecule has 0 aromatic heterocycles. The zero-order valence-corrected chi connectivity index (χ0v) is 6.58. The summed E-state index contributed by atoms with van der Waals surface area (Å²) in [5.41, 5.74) is 0. The number of hydrogen-bond acceptors (Lipinski definition) is 1. The molecule has 0 unspecified atom stereocenters. The molecule has 6 heavy (non-hydrogen) atoms. The van der Waals surface area contributed by atoms with E-state index in [4.69, 9.17) is 32.7 Å². The van der Waals surface area contributed by atoms with Crippen LogP contribution in [0, 0.1) is 0 Å². The van der Waals surface area contributed by atoms with Crippen LogP contribution in [0.3, 0.4) is 0 Å². The first kappa shape index (κ1) is 10.3. The summed E-state index contributed by atoms with van der Waals surface area (Å²) in [5.74, 6) is 0. The fraction of sp³-hybridized carbons (Fsp3) is 0. The van der Waals surface area contributed by atoms with Crippen LogP contribution in [0.15, 0.2) is 0 Å². The van der Waals surface area contributed by atoms with Gasteiger partial charge in [0.15, 0.2) is 0 Å². The minimum atomic E-state index is -1.92. The van der Waals surface area contributed by atoms with E-state index in [1.165, 1.54) is 0 Å². The van der Waals surface area contributed by atoms with Gasteiger partial charge in [-0.15, -0.1) is 0 Å². The molecule has 5 heteroatoms. The molecule has 0 saturated heterocycles. The van der Waals surface area contributed by atoms with E-state index in [9.17, 15) is 0 Å². The van der Waals surface area contributed by atoms with Crippen molar-refractivity contribution in [3.8, 4) is 0 Å². The molecule has 37 valence electrons. The Morgan fingerprint density at radius 2 is 1.17 bits per heavy atom. The van der Waals surface area contributed by atoms with E-state index in [1.807, 2.05) is 6.79 Å². The van der Waals surface area contributed by atoms with Gasteiger partial charge in [0.1, 0.15) is 6.79 Å². The van der Waals surface area contributed by atoms with Crippen LogP contribution < -0.4 is 0 Å². The molecule has 0 aromatic rings. The summed E-state index contributed by atoms with van der Waals surface area (Å²) in [6.45, 7) is 2.00. The normalized spacial score (nSPS) is 5.17. The summed E-state index contributed by atoms with van der Waals surface area (Å²) in [6.07, 6.45) is 0. The van der Waals surface area contributed by atoms with Crippen molar-refractivity contribution < 1.29 is 19.5 Å². The van der Waals surface area contributed by atoms with E-state index in [0.29, 0.717) is 0 Å². The van der Waals surface area contributed by atoms with Crippen LogP contribution >= 0.6 is 27.9 Å². The van der Waals surface area contributed by atoms with Crippen molar-refractivity contribution in [3.05, 3.63) is 0 Å². The van der Waals surface area contributed by atoms with Gasteiger partial charge >= 0.3 is 42.6 Å². The molecule has 0 aliphatic rings. The van der Waals surface area contributed by atoms with Gasteiger partial charge in [0.05, 0.1) is 0 Å². The van der Waals surface area contributed by atoms with Gasteiger partial charge in [-0.05, 0) is 0 Å². The second kappa shape index (κ2) is 9.54. The van der Waals surface area contributed by atoms with Crippen LogP contribution in [0.1, 0.15) is 0 Å². The Balaban J connectivity index is 0. The summed E-state index contributed by atoms with van der Waals surface area (Å²) < 4.78 is 0. The monoisotopic (exact) mass is 183 g/mol. The Morgan fingerprint density at radius 3 is 1.17 bits per heavy atom. The van der Waals surface area contributed by atoms with Gasteiger partial charge < -0.3 is 4.79 Å². The van der Waals surface area contributed by atoms with Crippen molar-refractivity contribution in [2.45, 2.75) is 0 Å². The second-order valence-electron chi connectivity index (χ2n) is 0.214. The number of carbonyl (C=O) groups is 1. The van der Waals surface area contributed by atoms with Crippen LogP contribution in [0.25, 0.3) is 0 Å². The van der Waals surface area contributed by atoms with Gasteiger partial charge in [-0.25, -0.2) is 0 Å². The Kier molecular flexibility index (Phi) is 16.3. The Morgan fingerprint density at radius 1 is 1.17 bits per heavy atom. The summed E-state index contributed by atoms with van der Waals surface area (Å²) in [6, 6.07) is 0. The summed E-state index contributed by atoms with van der Waals surface area (Å²) in [5, 5.41) is 0. The first-order valence-corrected chi connectivity index (χ1v) is 7.30. The minimum absolute atomic E-state index is 1.92. The van der Waals surface area contributed by atoms with Gasteiger partial charge in [0.25, 0.3) is 0 Å². The predicted octanol–water partition coefficient (Wildman–Crippen LogP) is 1.88. The molecule has 0 radical (unpaired) electrons. The molecular weight excluding hydrogens is 182 g/mol. The summed E-state index contributed by atoms with van der Waals surface area (Å²) in [4.78, 5) is 8.00. The maximum absolute atomic E-state index is 8.00. The average molecular weight is 184 g/mol. The SMILES string of the molecule is C=O.[Cl][Ti]([Cl])[Cl]. The van der Waals surface area contributed by atoms with Crippen LogP contribution in [-0.2, 0) is 19.5 Å². The van der Waals surface area contributed by atoms with Gasteiger partial charge in [-0.3, -0.25) is 0 Å². The predicted molar refractivity (Wildman–Crippen MR) is 24.7 cm³/mol. The molecular formula is CH2Cl3OTi. The van der Waals surface area contributed by atoms with E-state index >= 15 is 0 Å². The molecule has 0 saturated carbocycles. The van der Waals surface area contributed by atoms with Crippen molar-refractivity contribution >= 4 is 34.7 Å². The zero-order valence-electron chi connectivity index (χ0n) is 2.75. The van der Waals surface area contributed by atoms with Crippen molar-refractivity contribution in [1.29, 1.82) is 0 Å². The first-order chi connectivity index (χ1) is 2.73.